The van der Waals surface area contributed by atoms with Crippen molar-refractivity contribution in [2.24, 2.45) is 0 Å². The first kappa shape index (κ1) is 20.4. The number of anilines is 2. The van der Waals surface area contributed by atoms with Gasteiger partial charge in [0.2, 0.25) is 11.0 Å². The lowest BCUT2D eigenvalue weighted by atomic mass is 10.2. The predicted molar refractivity (Wildman–Crippen MR) is 111 cm³/mol. The van der Waals surface area contributed by atoms with Crippen LogP contribution in [0.25, 0.3) is 0 Å². The minimum absolute atomic E-state index is 0.169. The second-order valence-electron chi connectivity index (χ2n) is 5.53. The molecular weight excluding hydrogens is 423 g/mol. The highest BCUT2D eigenvalue weighted by atomic mass is 35.5. The van der Waals surface area contributed by atoms with Gasteiger partial charge in [0.25, 0.3) is 0 Å². The molecule has 0 fully saturated rings. The first-order valence-corrected chi connectivity index (χ1v) is 10.3. The van der Waals surface area contributed by atoms with Crippen molar-refractivity contribution in [3.8, 4) is 5.75 Å². The van der Waals surface area contributed by atoms with Gasteiger partial charge in [0.15, 0.2) is 4.34 Å². The Balaban J connectivity index is 1.49. The smallest absolute Gasteiger partial charge is 0.234 e. The highest BCUT2D eigenvalue weighted by molar-refractivity contribution is 8.01. The molecule has 2 N–H and O–H groups in total. The van der Waals surface area contributed by atoms with Crippen molar-refractivity contribution in [2.45, 2.75) is 10.9 Å². The van der Waals surface area contributed by atoms with E-state index in [0.717, 1.165) is 5.56 Å². The number of amides is 1. The highest BCUT2D eigenvalue weighted by Crippen LogP contribution is 2.29. The molecule has 1 aromatic heterocycles. The van der Waals surface area contributed by atoms with Gasteiger partial charge >= 0.3 is 0 Å². The zero-order valence-electron chi connectivity index (χ0n) is 14.7. The standard InChI is InChI=1S/C18H16ClFN4O2S2/c1-26-15-7-4-12(19)8-14(15)22-16(25)10-27-18-24-23-17(28-18)21-9-11-2-5-13(20)6-3-11/h2-8H,9-10H2,1H3,(H,21,23)(H,22,25). The third-order valence-electron chi connectivity index (χ3n) is 3.53. The summed E-state index contributed by atoms with van der Waals surface area (Å²) in [4.78, 5) is 12.2. The van der Waals surface area contributed by atoms with Crippen molar-refractivity contribution in [2.75, 3.05) is 23.5 Å². The van der Waals surface area contributed by atoms with Gasteiger partial charge in [0, 0.05) is 11.6 Å². The van der Waals surface area contributed by atoms with Gasteiger partial charge in [-0.15, -0.1) is 10.2 Å². The summed E-state index contributed by atoms with van der Waals surface area (Å²) < 4.78 is 18.8. The number of thioether (sulfide) groups is 1. The van der Waals surface area contributed by atoms with Crippen LogP contribution in [-0.2, 0) is 11.3 Å². The monoisotopic (exact) mass is 438 g/mol. The molecule has 146 valence electrons. The van der Waals surface area contributed by atoms with Crippen molar-refractivity contribution in [3.63, 3.8) is 0 Å². The number of ether oxygens (including phenoxy) is 1. The van der Waals surface area contributed by atoms with Gasteiger partial charge < -0.3 is 15.4 Å². The van der Waals surface area contributed by atoms with E-state index in [0.29, 0.717) is 32.5 Å². The van der Waals surface area contributed by atoms with Gasteiger partial charge in [-0.2, -0.15) is 0 Å². The predicted octanol–water partition coefficient (Wildman–Crippen LogP) is 4.68. The van der Waals surface area contributed by atoms with Crippen LogP contribution in [-0.4, -0.2) is 29.0 Å². The van der Waals surface area contributed by atoms with Crippen molar-refractivity contribution < 1.29 is 13.9 Å². The maximum Gasteiger partial charge on any atom is 0.234 e. The highest BCUT2D eigenvalue weighted by Gasteiger charge is 2.11. The summed E-state index contributed by atoms with van der Waals surface area (Å²) in [6, 6.07) is 11.2. The first-order valence-electron chi connectivity index (χ1n) is 8.11. The van der Waals surface area contributed by atoms with Crippen molar-refractivity contribution in [1.82, 2.24) is 10.2 Å². The number of methoxy groups -OCH3 is 1. The number of aromatic nitrogens is 2. The summed E-state index contributed by atoms with van der Waals surface area (Å²) in [5.41, 5.74) is 1.44. The molecule has 0 saturated carbocycles. The molecule has 6 nitrogen and oxygen atoms in total. The lowest BCUT2D eigenvalue weighted by Gasteiger charge is -2.09. The molecule has 0 radical (unpaired) electrons. The molecule has 10 heteroatoms. The molecule has 0 atom stereocenters. The molecule has 2 aromatic carbocycles. The Morgan fingerprint density at radius 3 is 2.79 bits per heavy atom. The number of carbonyl (C=O) groups excluding carboxylic acids is 1. The molecule has 3 rings (SSSR count). The summed E-state index contributed by atoms with van der Waals surface area (Å²) in [6.45, 7) is 0.509. The van der Waals surface area contributed by atoms with E-state index in [2.05, 4.69) is 20.8 Å². The van der Waals surface area contributed by atoms with E-state index < -0.39 is 0 Å². The minimum atomic E-state index is -0.271. The Hall–Kier alpha value is -2.36. The van der Waals surface area contributed by atoms with Crippen molar-refractivity contribution in [3.05, 3.63) is 58.9 Å². The number of rotatable bonds is 8. The number of benzene rings is 2. The first-order chi connectivity index (χ1) is 13.5. The SMILES string of the molecule is COc1ccc(Cl)cc1NC(=O)CSc1nnc(NCc2ccc(F)cc2)s1. The van der Waals surface area contributed by atoms with E-state index in [-0.39, 0.29) is 17.5 Å². The second-order valence-corrected chi connectivity index (χ2v) is 8.17. The van der Waals surface area contributed by atoms with Crippen LogP contribution >= 0.6 is 34.7 Å². The Kier molecular flexibility index (Phi) is 7.07. The van der Waals surface area contributed by atoms with E-state index in [1.54, 1.807) is 30.3 Å². The molecule has 3 aromatic rings. The van der Waals surface area contributed by atoms with E-state index in [1.807, 2.05) is 0 Å². The van der Waals surface area contributed by atoms with E-state index in [1.165, 1.54) is 42.3 Å². The normalized spacial score (nSPS) is 10.5. The molecule has 0 aliphatic carbocycles. The third-order valence-corrected chi connectivity index (χ3v) is 5.78. The molecular formula is C18H16ClFN4O2S2. The van der Waals surface area contributed by atoms with E-state index in [9.17, 15) is 9.18 Å². The fourth-order valence-electron chi connectivity index (χ4n) is 2.21. The van der Waals surface area contributed by atoms with E-state index in [4.69, 9.17) is 16.3 Å². The fourth-order valence-corrected chi connectivity index (χ4v) is 3.93. The molecule has 0 bridgehead atoms. The van der Waals surface area contributed by atoms with Gasteiger partial charge in [-0.3, -0.25) is 4.79 Å². The van der Waals surface area contributed by atoms with Gasteiger partial charge in [0.05, 0.1) is 18.6 Å². The van der Waals surface area contributed by atoms with Crippen molar-refractivity contribution in [1.29, 1.82) is 0 Å². The molecule has 0 aliphatic rings. The zero-order chi connectivity index (χ0) is 19.9. The molecule has 1 amide bonds. The summed E-state index contributed by atoms with van der Waals surface area (Å²) in [7, 11) is 1.52. The van der Waals surface area contributed by atoms with Crippen LogP contribution in [0, 0.1) is 5.82 Å². The lowest BCUT2D eigenvalue weighted by Crippen LogP contribution is -2.14. The molecule has 0 spiro atoms. The average molecular weight is 439 g/mol. The summed E-state index contributed by atoms with van der Waals surface area (Å²) in [5.74, 6) is 0.224. The topological polar surface area (TPSA) is 76.1 Å². The molecule has 0 saturated heterocycles. The Labute approximate surface area is 174 Å². The number of carbonyl (C=O) groups is 1. The van der Waals surface area contributed by atoms with Gasteiger partial charge in [0.1, 0.15) is 11.6 Å². The zero-order valence-corrected chi connectivity index (χ0v) is 17.1. The fraction of sp³-hybridized carbons (Fsp3) is 0.167. The minimum Gasteiger partial charge on any atom is -0.495 e. The van der Waals surface area contributed by atoms with Crippen LogP contribution in [0.5, 0.6) is 5.75 Å². The molecule has 1 heterocycles. The van der Waals surface area contributed by atoms with Crippen LogP contribution in [0.4, 0.5) is 15.2 Å². The van der Waals surface area contributed by atoms with Crippen LogP contribution in [0.1, 0.15) is 5.56 Å². The lowest BCUT2D eigenvalue weighted by molar-refractivity contribution is -0.113. The average Bonchev–Trinajstić information content (AvgIpc) is 3.14. The number of nitrogens with zero attached hydrogens (tertiary/aromatic N) is 2. The molecule has 0 aliphatic heterocycles. The largest absolute Gasteiger partial charge is 0.495 e. The number of nitrogens with one attached hydrogen (secondary N) is 2. The number of hydrogen-bond acceptors (Lipinski definition) is 7. The third kappa shape index (κ3) is 5.82. The molecule has 0 unspecified atom stereocenters. The Morgan fingerprint density at radius 2 is 2.04 bits per heavy atom. The van der Waals surface area contributed by atoms with Crippen LogP contribution < -0.4 is 15.4 Å². The van der Waals surface area contributed by atoms with Gasteiger partial charge in [-0.25, -0.2) is 4.39 Å². The maximum atomic E-state index is 12.9. The summed E-state index contributed by atoms with van der Waals surface area (Å²) >= 11 is 8.58. The summed E-state index contributed by atoms with van der Waals surface area (Å²) in [6.07, 6.45) is 0. The van der Waals surface area contributed by atoms with Crippen LogP contribution in [0.15, 0.2) is 46.8 Å². The summed E-state index contributed by atoms with van der Waals surface area (Å²) in [5, 5.41) is 15.1. The van der Waals surface area contributed by atoms with Crippen LogP contribution in [0.2, 0.25) is 5.02 Å². The van der Waals surface area contributed by atoms with Gasteiger partial charge in [-0.05, 0) is 35.9 Å². The second kappa shape index (κ2) is 9.72. The number of hydrogen-bond donors (Lipinski definition) is 2. The van der Waals surface area contributed by atoms with Gasteiger partial charge in [-0.1, -0.05) is 46.8 Å². The van der Waals surface area contributed by atoms with Crippen molar-refractivity contribution >= 4 is 51.4 Å². The number of halogens is 2. The van der Waals surface area contributed by atoms with Crippen LogP contribution in [0.3, 0.4) is 0 Å². The quantitative estimate of drug-likeness (QED) is 0.497. The Morgan fingerprint density at radius 1 is 1.25 bits per heavy atom. The Bertz CT molecular complexity index is 953. The van der Waals surface area contributed by atoms with E-state index >= 15 is 0 Å². The maximum absolute atomic E-state index is 12.9. The molecule has 28 heavy (non-hydrogen) atoms.